The van der Waals surface area contributed by atoms with Crippen molar-refractivity contribution in [1.29, 1.82) is 0 Å². The maximum absolute atomic E-state index is 12.3. The summed E-state index contributed by atoms with van der Waals surface area (Å²) in [5.74, 6) is -0.318. The van der Waals surface area contributed by atoms with Gasteiger partial charge in [-0.05, 0) is 30.7 Å². The van der Waals surface area contributed by atoms with Gasteiger partial charge in [0.15, 0.2) is 0 Å². The molecule has 0 saturated heterocycles. The van der Waals surface area contributed by atoms with E-state index < -0.39 is 5.97 Å². The van der Waals surface area contributed by atoms with Crippen LogP contribution in [0.1, 0.15) is 46.9 Å². The standard InChI is InChI=1S/C15H19NO3S/c1-2-20-13-9-5-8-12(13)16-14(17)10-6-3-4-7-11(10)15(18)19/h3-4,6-7,12-13H,2,5,8-9H2,1H3,(H,16,17)(H,18,19). The van der Waals surface area contributed by atoms with Gasteiger partial charge < -0.3 is 10.4 Å². The van der Waals surface area contributed by atoms with Gasteiger partial charge in [0.1, 0.15) is 0 Å². The third-order valence-corrected chi connectivity index (χ3v) is 4.88. The fourth-order valence-electron chi connectivity index (χ4n) is 2.62. The lowest BCUT2D eigenvalue weighted by Crippen LogP contribution is -2.39. The second-order valence-electron chi connectivity index (χ2n) is 4.86. The van der Waals surface area contributed by atoms with E-state index in [0.29, 0.717) is 5.25 Å². The largest absolute Gasteiger partial charge is 0.478 e. The molecule has 0 heterocycles. The van der Waals surface area contributed by atoms with Crippen LogP contribution in [0, 0.1) is 0 Å². The zero-order valence-corrected chi connectivity index (χ0v) is 12.3. The average Bonchev–Trinajstić information content (AvgIpc) is 2.86. The van der Waals surface area contributed by atoms with Crippen LogP contribution in [-0.2, 0) is 0 Å². The van der Waals surface area contributed by atoms with Crippen LogP contribution in [-0.4, -0.2) is 34.0 Å². The predicted octanol–water partition coefficient (Wildman–Crippen LogP) is 2.79. The Bertz CT molecular complexity index is 504. The van der Waals surface area contributed by atoms with E-state index in [-0.39, 0.29) is 23.1 Å². The van der Waals surface area contributed by atoms with Gasteiger partial charge >= 0.3 is 5.97 Å². The molecule has 108 valence electrons. The van der Waals surface area contributed by atoms with E-state index in [1.165, 1.54) is 6.07 Å². The van der Waals surface area contributed by atoms with E-state index in [1.807, 2.05) is 11.8 Å². The first-order valence-electron chi connectivity index (χ1n) is 6.88. The van der Waals surface area contributed by atoms with Crippen LogP contribution >= 0.6 is 11.8 Å². The van der Waals surface area contributed by atoms with Gasteiger partial charge in [0, 0.05) is 11.3 Å². The molecule has 2 atom stereocenters. The minimum absolute atomic E-state index is 0.0580. The second-order valence-corrected chi connectivity index (χ2v) is 6.37. The molecule has 20 heavy (non-hydrogen) atoms. The lowest BCUT2D eigenvalue weighted by molar-refractivity contribution is 0.0690. The molecule has 1 fully saturated rings. The Morgan fingerprint density at radius 1 is 1.30 bits per heavy atom. The maximum atomic E-state index is 12.3. The summed E-state index contributed by atoms with van der Waals surface area (Å²) in [6, 6.07) is 6.49. The second kappa shape index (κ2) is 6.79. The molecule has 1 amide bonds. The van der Waals surface area contributed by atoms with Crippen LogP contribution in [0.5, 0.6) is 0 Å². The van der Waals surface area contributed by atoms with E-state index >= 15 is 0 Å². The SMILES string of the molecule is CCSC1CCCC1NC(=O)c1ccccc1C(=O)O. The van der Waals surface area contributed by atoms with Gasteiger partial charge in [-0.2, -0.15) is 11.8 Å². The molecule has 1 aromatic rings. The molecule has 2 unspecified atom stereocenters. The Morgan fingerprint density at radius 3 is 2.65 bits per heavy atom. The van der Waals surface area contributed by atoms with Crippen molar-refractivity contribution >= 4 is 23.6 Å². The summed E-state index contributed by atoms with van der Waals surface area (Å²) >= 11 is 1.86. The highest BCUT2D eigenvalue weighted by Gasteiger charge is 2.29. The summed E-state index contributed by atoms with van der Waals surface area (Å²) in [5, 5.41) is 12.6. The maximum Gasteiger partial charge on any atom is 0.336 e. The molecule has 0 radical (unpaired) electrons. The van der Waals surface area contributed by atoms with Crippen molar-refractivity contribution in [2.45, 2.75) is 37.5 Å². The first-order valence-corrected chi connectivity index (χ1v) is 7.93. The van der Waals surface area contributed by atoms with Crippen LogP contribution in [0.25, 0.3) is 0 Å². The van der Waals surface area contributed by atoms with Crippen molar-refractivity contribution in [3.63, 3.8) is 0 Å². The summed E-state index contributed by atoms with van der Waals surface area (Å²) in [7, 11) is 0. The molecular formula is C15H19NO3S. The molecule has 1 aliphatic carbocycles. The van der Waals surface area contributed by atoms with Crippen LogP contribution in [0.15, 0.2) is 24.3 Å². The third-order valence-electron chi connectivity index (χ3n) is 3.55. The fraction of sp³-hybridized carbons (Fsp3) is 0.467. The molecule has 1 saturated carbocycles. The van der Waals surface area contributed by atoms with Crippen molar-refractivity contribution in [2.75, 3.05) is 5.75 Å². The number of hydrogen-bond acceptors (Lipinski definition) is 3. The minimum atomic E-state index is -1.07. The minimum Gasteiger partial charge on any atom is -0.478 e. The van der Waals surface area contributed by atoms with Gasteiger partial charge in [-0.1, -0.05) is 25.5 Å². The highest BCUT2D eigenvalue weighted by Crippen LogP contribution is 2.30. The smallest absolute Gasteiger partial charge is 0.336 e. The van der Waals surface area contributed by atoms with Crippen LogP contribution < -0.4 is 5.32 Å². The Hall–Kier alpha value is -1.49. The highest BCUT2D eigenvalue weighted by atomic mass is 32.2. The number of nitrogens with one attached hydrogen (secondary N) is 1. The molecule has 0 aliphatic heterocycles. The monoisotopic (exact) mass is 293 g/mol. The van der Waals surface area contributed by atoms with Gasteiger partial charge in [-0.25, -0.2) is 4.79 Å². The number of rotatable bonds is 5. The highest BCUT2D eigenvalue weighted by molar-refractivity contribution is 7.99. The summed E-state index contributed by atoms with van der Waals surface area (Å²) in [6.07, 6.45) is 3.20. The first kappa shape index (κ1) is 14.9. The van der Waals surface area contributed by atoms with Crippen LogP contribution in [0.2, 0.25) is 0 Å². The molecule has 0 spiro atoms. The predicted molar refractivity (Wildman–Crippen MR) is 80.4 cm³/mol. The van der Waals surface area contributed by atoms with E-state index in [1.54, 1.807) is 18.2 Å². The number of aromatic carboxylic acids is 1. The van der Waals surface area contributed by atoms with E-state index in [0.717, 1.165) is 25.0 Å². The van der Waals surface area contributed by atoms with Gasteiger partial charge in [0.25, 0.3) is 5.91 Å². The topological polar surface area (TPSA) is 66.4 Å². The molecule has 2 N–H and O–H groups in total. The van der Waals surface area contributed by atoms with Crippen molar-refractivity contribution in [2.24, 2.45) is 0 Å². The molecular weight excluding hydrogens is 274 g/mol. The summed E-state index contributed by atoms with van der Waals surface area (Å²) in [6.45, 7) is 2.11. The zero-order valence-electron chi connectivity index (χ0n) is 11.5. The summed E-state index contributed by atoms with van der Waals surface area (Å²) in [5.41, 5.74) is 0.301. The Balaban J connectivity index is 2.10. The van der Waals surface area contributed by atoms with Gasteiger partial charge in [-0.15, -0.1) is 0 Å². The average molecular weight is 293 g/mol. The molecule has 0 aromatic heterocycles. The van der Waals surface area contributed by atoms with Crippen molar-refractivity contribution in [1.82, 2.24) is 5.32 Å². The lowest BCUT2D eigenvalue weighted by atomic mass is 10.1. The summed E-state index contributed by atoms with van der Waals surface area (Å²) in [4.78, 5) is 23.4. The number of amides is 1. The van der Waals surface area contributed by atoms with Crippen molar-refractivity contribution in [3.8, 4) is 0 Å². The number of thioether (sulfide) groups is 1. The molecule has 4 nitrogen and oxygen atoms in total. The number of carboxylic acid groups (broad SMARTS) is 1. The fourth-order valence-corrected chi connectivity index (χ4v) is 3.82. The molecule has 0 bridgehead atoms. The van der Waals surface area contributed by atoms with Crippen molar-refractivity contribution < 1.29 is 14.7 Å². The number of carboxylic acids is 1. The Labute approximate surface area is 123 Å². The van der Waals surface area contributed by atoms with Gasteiger partial charge in [-0.3, -0.25) is 4.79 Å². The number of hydrogen-bond donors (Lipinski definition) is 2. The zero-order chi connectivity index (χ0) is 14.5. The van der Waals surface area contributed by atoms with Crippen molar-refractivity contribution in [3.05, 3.63) is 35.4 Å². The van der Waals surface area contributed by atoms with E-state index in [9.17, 15) is 9.59 Å². The van der Waals surface area contributed by atoms with Gasteiger partial charge in [0.2, 0.25) is 0 Å². The number of carbonyl (C=O) groups excluding carboxylic acids is 1. The molecule has 2 rings (SSSR count). The normalized spacial score (nSPS) is 21.6. The quantitative estimate of drug-likeness (QED) is 0.876. The Kier molecular flexibility index (Phi) is 5.06. The summed E-state index contributed by atoms with van der Waals surface area (Å²) < 4.78 is 0. The first-order chi connectivity index (χ1) is 9.63. The number of benzene rings is 1. The van der Waals surface area contributed by atoms with Crippen LogP contribution in [0.4, 0.5) is 0 Å². The number of carbonyl (C=O) groups is 2. The van der Waals surface area contributed by atoms with E-state index in [4.69, 9.17) is 5.11 Å². The van der Waals surface area contributed by atoms with E-state index in [2.05, 4.69) is 12.2 Å². The Morgan fingerprint density at radius 2 is 2.00 bits per heavy atom. The van der Waals surface area contributed by atoms with Gasteiger partial charge in [0.05, 0.1) is 11.1 Å². The third kappa shape index (κ3) is 3.33. The lowest BCUT2D eigenvalue weighted by Gasteiger charge is -2.20. The van der Waals surface area contributed by atoms with Crippen LogP contribution in [0.3, 0.4) is 0 Å². The molecule has 5 heteroatoms. The molecule has 1 aliphatic rings. The molecule has 1 aromatic carbocycles.